The molecule has 3 rings (SSSR count). The summed E-state index contributed by atoms with van der Waals surface area (Å²) >= 11 is 0. The van der Waals surface area contributed by atoms with Crippen LogP contribution < -0.4 is 5.32 Å². The standard InChI is InChI=1S/C14H14N2O5/c17-13(15-9-4-3-8(6-9)14(18)19)10-7-12(21-16-10)11-2-1-5-20-11/h1-2,5,7-9H,3-4,6H2,(H,15,17)(H,18,19)/t8-,9+/m0/s1. The number of hydrogen-bond acceptors (Lipinski definition) is 5. The van der Waals surface area contributed by atoms with Crippen LogP contribution in [0.1, 0.15) is 29.8 Å². The summed E-state index contributed by atoms with van der Waals surface area (Å²) in [5, 5.41) is 15.4. The lowest BCUT2D eigenvalue weighted by Gasteiger charge is -2.10. The van der Waals surface area contributed by atoms with Gasteiger partial charge in [-0.2, -0.15) is 0 Å². The fraction of sp³-hybridized carbons (Fsp3) is 0.357. The summed E-state index contributed by atoms with van der Waals surface area (Å²) in [5.74, 6) is -0.694. The van der Waals surface area contributed by atoms with E-state index in [4.69, 9.17) is 14.0 Å². The number of carbonyl (C=O) groups excluding carboxylic acids is 1. The molecule has 0 bridgehead atoms. The quantitative estimate of drug-likeness (QED) is 0.891. The zero-order chi connectivity index (χ0) is 14.8. The zero-order valence-electron chi connectivity index (χ0n) is 11.1. The van der Waals surface area contributed by atoms with Gasteiger partial charge in [0.25, 0.3) is 5.91 Å². The summed E-state index contributed by atoms with van der Waals surface area (Å²) < 4.78 is 10.2. The van der Waals surface area contributed by atoms with Gasteiger partial charge < -0.3 is 19.4 Å². The molecule has 0 spiro atoms. The first-order valence-electron chi connectivity index (χ1n) is 6.68. The highest BCUT2D eigenvalue weighted by molar-refractivity contribution is 5.93. The van der Waals surface area contributed by atoms with Crippen molar-refractivity contribution in [2.45, 2.75) is 25.3 Å². The number of nitrogens with zero attached hydrogens (tertiary/aromatic N) is 1. The predicted molar refractivity (Wildman–Crippen MR) is 70.4 cm³/mol. The van der Waals surface area contributed by atoms with E-state index in [-0.39, 0.29) is 23.6 Å². The molecule has 21 heavy (non-hydrogen) atoms. The molecule has 1 aliphatic carbocycles. The number of aliphatic carboxylic acids is 1. The van der Waals surface area contributed by atoms with Gasteiger partial charge in [-0.3, -0.25) is 9.59 Å². The maximum Gasteiger partial charge on any atom is 0.306 e. The maximum atomic E-state index is 12.0. The van der Waals surface area contributed by atoms with E-state index < -0.39 is 5.97 Å². The molecular formula is C14H14N2O5. The van der Waals surface area contributed by atoms with Crippen molar-refractivity contribution in [3.8, 4) is 11.5 Å². The van der Waals surface area contributed by atoms with Crippen LogP contribution in [0.25, 0.3) is 11.5 Å². The van der Waals surface area contributed by atoms with Crippen LogP contribution in [-0.2, 0) is 4.79 Å². The topological polar surface area (TPSA) is 106 Å². The number of nitrogens with one attached hydrogen (secondary N) is 1. The highest BCUT2D eigenvalue weighted by Crippen LogP contribution is 2.26. The molecule has 1 saturated carbocycles. The van der Waals surface area contributed by atoms with Gasteiger partial charge in [-0.25, -0.2) is 0 Å². The largest absolute Gasteiger partial charge is 0.481 e. The van der Waals surface area contributed by atoms with Crippen LogP contribution in [0.15, 0.2) is 33.4 Å². The minimum absolute atomic E-state index is 0.137. The van der Waals surface area contributed by atoms with Gasteiger partial charge in [0.15, 0.2) is 11.5 Å². The molecule has 0 saturated heterocycles. The SMILES string of the molecule is O=C(N[C@@H]1CC[C@H](C(=O)O)C1)c1cc(-c2ccco2)on1. The predicted octanol–water partition coefficient (Wildman–Crippen LogP) is 1.92. The monoisotopic (exact) mass is 290 g/mol. The highest BCUT2D eigenvalue weighted by atomic mass is 16.5. The second-order valence-corrected chi connectivity index (χ2v) is 5.07. The fourth-order valence-electron chi connectivity index (χ4n) is 2.51. The Morgan fingerprint density at radius 2 is 2.19 bits per heavy atom. The lowest BCUT2D eigenvalue weighted by atomic mass is 10.1. The molecule has 2 N–H and O–H groups in total. The summed E-state index contributed by atoms with van der Waals surface area (Å²) in [6.45, 7) is 0. The Morgan fingerprint density at radius 1 is 1.33 bits per heavy atom. The molecule has 2 aromatic heterocycles. The molecule has 1 amide bonds. The number of furan rings is 1. The summed E-state index contributed by atoms with van der Waals surface area (Å²) in [6, 6.07) is 4.78. The van der Waals surface area contributed by atoms with Gasteiger partial charge >= 0.3 is 5.97 Å². The Bertz CT molecular complexity index is 646. The van der Waals surface area contributed by atoms with Gasteiger partial charge in [0.05, 0.1) is 12.2 Å². The first kappa shape index (κ1) is 13.4. The Morgan fingerprint density at radius 3 is 2.86 bits per heavy atom. The molecule has 0 aromatic carbocycles. The third kappa shape index (κ3) is 2.81. The second kappa shape index (κ2) is 5.43. The lowest BCUT2D eigenvalue weighted by Crippen LogP contribution is -2.33. The Hall–Kier alpha value is -2.57. The average Bonchev–Trinajstić information content (AvgIpc) is 3.19. The summed E-state index contributed by atoms with van der Waals surface area (Å²) in [7, 11) is 0. The van der Waals surface area contributed by atoms with Crippen LogP contribution in [-0.4, -0.2) is 28.2 Å². The number of rotatable bonds is 4. The van der Waals surface area contributed by atoms with E-state index in [0.717, 1.165) is 0 Å². The van der Waals surface area contributed by atoms with Crippen molar-refractivity contribution in [1.29, 1.82) is 0 Å². The van der Waals surface area contributed by atoms with Crippen LogP contribution in [0.4, 0.5) is 0 Å². The fourth-order valence-corrected chi connectivity index (χ4v) is 2.51. The van der Waals surface area contributed by atoms with Gasteiger partial charge in [0.2, 0.25) is 5.76 Å². The van der Waals surface area contributed by atoms with Crippen molar-refractivity contribution in [2.24, 2.45) is 5.92 Å². The van der Waals surface area contributed by atoms with Crippen molar-refractivity contribution in [2.75, 3.05) is 0 Å². The molecule has 7 heteroatoms. The molecule has 2 aromatic rings. The highest BCUT2D eigenvalue weighted by Gasteiger charge is 2.31. The van der Waals surface area contributed by atoms with E-state index in [0.29, 0.717) is 30.8 Å². The van der Waals surface area contributed by atoms with Gasteiger partial charge in [-0.15, -0.1) is 0 Å². The van der Waals surface area contributed by atoms with E-state index >= 15 is 0 Å². The Labute approximate surface area is 119 Å². The van der Waals surface area contributed by atoms with Crippen LogP contribution >= 0.6 is 0 Å². The van der Waals surface area contributed by atoms with E-state index in [1.165, 1.54) is 12.3 Å². The lowest BCUT2D eigenvalue weighted by molar-refractivity contribution is -0.141. The van der Waals surface area contributed by atoms with E-state index in [2.05, 4.69) is 10.5 Å². The molecule has 2 atom stereocenters. The summed E-state index contributed by atoms with van der Waals surface area (Å²) in [4.78, 5) is 22.9. The van der Waals surface area contributed by atoms with Crippen molar-refractivity contribution in [3.63, 3.8) is 0 Å². The van der Waals surface area contributed by atoms with Crippen molar-refractivity contribution in [3.05, 3.63) is 30.2 Å². The molecule has 0 radical (unpaired) electrons. The molecule has 1 aliphatic rings. The summed E-state index contributed by atoms with van der Waals surface area (Å²) in [5.41, 5.74) is 0.153. The average molecular weight is 290 g/mol. The third-order valence-corrected chi connectivity index (χ3v) is 3.62. The van der Waals surface area contributed by atoms with Gasteiger partial charge in [0, 0.05) is 12.1 Å². The molecule has 1 fully saturated rings. The van der Waals surface area contributed by atoms with Gasteiger partial charge in [-0.1, -0.05) is 5.16 Å². The van der Waals surface area contributed by atoms with E-state index in [1.54, 1.807) is 12.1 Å². The maximum absolute atomic E-state index is 12.0. The number of aromatic nitrogens is 1. The van der Waals surface area contributed by atoms with Crippen LogP contribution in [0, 0.1) is 5.92 Å². The minimum Gasteiger partial charge on any atom is -0.481 e. The first-order valence-corrected chi connectivity index (χ1v) is 6.68. The molecule has 0 aliphatic heterocycles. The third-order valence-electron chi connectivity index (χ3n) is 3.62. The van der Waals surface area contributed by atoms with Crippen LogP contribution in [0.3, 0.4) is 0 Å². The van der Waals surface area contributed by atoms with E-state index in [1.807, 2.05) is 0 Å². The molecular weight excluding hydrogens is 276 g/mol. The van der Waals surface area contributed by atoms with Crippen molar-refractivity contribution in [1.82, 2.24) is 10.5 Å². The number of carboxylic acid groups (broad SMARTS) is 1. The second-order valence-electron chi connectivity index (χ2n) is 5.07. The number of amides is 1. The summed E-state index contributed by atoms with van der Waals surface area (Å²) in [6.07, 6.45) is 3.19. The van der Waals surface area contributed by atoms with Crippen molar-refractivity contribution >= 4 is 11.9 Å². The van der Waals surface area contributed by atoms with Crippen LogP contribution in [0.5, 0.6) is 0 Å². The smallest absolute Gasteiger partial charge is 0.306 e. The minimum atomic E-state index is -0.812. The number of carbonyl (C=O) groups is 2. The molecule has 7 nitrogen and oxygen atoms in total. The first-order chi connectivity index (χ1) is 10.1. The van der Waals surface area contributed by atoms with Gasteiger partial charge in [-0.05, 0) is 31.4 Å². The Balaban J connectivity index is 1.63. The normalized spacial score (nSPS) is 21.3. The molecule has 110 valence electrons. The van der Waals surface area contributed by atoms with Crippen molar-refractivity contribution < 1.29 is 23.6 Å². The van der Waals surface area contributed by atoms with Crippen LogP contribution in [0.2, 0.25) is 0 Å². The number of hydrogen-bond donors (Lipinski definition) is 2. The van der Waals surface area contributed by atoms with E-state index in [9.17, 15) is 9.59 Å². The Kier molecular flexibility index (Phi) is 3.47. The van der Waals surface area contributed by atoms with Gasteiger partial charge in [0.1, 0.15) is 0 Å². The zero-order valence-corrected chi connectivity index (χ0v) is 11.1. The number of carboxylic acids is 1. The molecule has 2 heterocycles. The molecule has 0 unspecified atom stereocenters.